The molecule has 0 bridgehead atoms. The number of sulfone groups is 1. The van der Waals surface area contributed by atoms with E-state index in [2.05, 4.69) is 21.3 Å². The van der Waals surface area contributed by atoms with Gasteiger partial charge in [-0.05, 0) is 62.1 Å². The molecule has 67 heavy (non-hydrogen) atoms. The molecule has 0 radical (unpaired) electrons. The van der Waals surface area contributed by atoms with E-state index in [1.165, 1.54) is 0 Å². The van der Waals surface area contributed by atoms with Crippen LogP contribution in [0.5, 0.6) is 0 Å². The fourth-order valence-corrected chi connectivity index (χ4v) is 8.69. The van der Waals surface area contributed by atoms with E-state index in [0.29, 0.717) is 24.2 Å². The van der Waals surface area contributed by atoms with Crippen molar-refractivity contribution in [1.29, 1.82) is 0 Å². The maximum absolute atomic E-state index is 15.2. The number of carbonyl (C=O) groups excluding carboxylic acids is 5. The van der Waals surface area contributed by atoms with Gasteiger partial charge in [-0.25, -0.2) is 17.2 Å². The number of aromatic nitrogens is 1. The first kappa shape index (κ1) is 55.5. The molecule has 1 heterocycles. The summed E-state index contributed by atoms with van der Waals surface area (Å²) in [6.45, 7) is 7.53. The van der Waals surface area contributed by atoms with E-state index >= 15 is 4.39 Å². The van der Waals surface area contributed by atoms with Crippen molar-refractivity contribution < 1.29 is 61.0 Å². The lowest BCUT2D eigenvalue weighted by Crippen LogP contribution is -2.49. The van der Waals surface area contributed by atoms with Crippen molar-refractivity contribution in [2.45, 2.75) is 72.5 Å². The summed E-state index contributed by atoms with van der Waals surface area (Å²) >= 11 is 0.997. The zero-order valence-electron chi connectivity index (χ0n) is 38.2. The highest BCUT2D eigenvalue weighted by Gasteiger charge is 2.38. The highest BCUT2D eigenvalue weighted by atomic mass is 32.2. The molecule has 1 aromatic heterocycles. The van der Waals surface area contributed by atoms with Crippen molar-refractivity contribution >= 4 is 63.1 Å². The third-order valence-corrected chi connectivity index (χ3v) is 13.1. The Morgan fingerprint density at radius 1 is 0.866 bits per heavy atom. The van der Waals surface area contributed by atoms with Crippen molar-refractivity contribution in [1.82, 2.24) is 30.7 Å². The Bertz CT molecular complexity index is 2340. The van der Waals surface area contributed by atoms with Crippen LogP contribution >= 0.6 is 11.8 Å². The quantitative estimate of drug-likeness (QED) is 0.0542. The van der Waals surface area contributed by atoms with Gasteiger partial charge in [0.15, 0.2) is 9.84 Å². The number of carboxylic acid groups (broad SMARTS) is 2. The van der Waals surface area contributed by atoms with Gasteiger partial charge in [0.25, 0.3) is 0 Å². The third kappa shape index (κ3) is 17.7. The Labute approximate surface area is 393 Å². The molecule has 0 aliphatic rings. The Balaban J connectivity index is 1.78. The van der Waals surface area contributed by atoms with Gasteiger partial charge >= 0.3 is 11.9 Å². The van der Waals surface area contributed by atoms with Gasteiger partial charge in [0, 0.05) is 61.4 Å². The first-order chi connectivity index (χ1) is 31.4. The van der Waals surface area contributed by atoms with Crippen LogP contribution in [0.15, 0.2) is 60.8 Å². The summed E-state index contributed by atoms with van der Waals surface area (Å²) in [5.74, 6) is -9.08. The average Bonchev–Trinajstić information content (AvgIpc) is 3.65. The predicted octanol–water partition coefficient (Wildman–Crippen LogP) is 2.70. The normalized spacial score (nSPS) is 12.7. The minimum Gasteiger partial charge on any atom is -0.481 e. The lowest BCUT2D eigenvalue weighted by atomic mass is 9.83. The largest absolute Gasteiger partial charge is 0.481 e. The van der Waals surface area contributed by atoms with Gasteiger partial charge in [0.2, 0.25) is 29.5 Å². The SMILES string of the molecule is CC(C)(C(=O)O)C(=O)NCC(=O)NCCS(=O)(=O)CCNC(=O)C(CSCC(=O)N(CCCN)C(c1cc(-c2cc(F)ccc2F)cn1Cc1ccccc1)C(C)(C)C)NC(=O)CCC(=O)O. The number of nitrogens with zero attached hydrogens (tertiary/aromatic N) is 2. The molecule has 0 saturated heterocycles. The van der Waals surface area contributed by atoms with Crippen LogP contribution < -0.4 is 27.0 Å². The number of carbonyl (C=O) groups is 7. The van der Waals surface area contributed by atoms with Crippen LogP contribution in [0.2, 0.25) is 0 Å². The van der Waals surface area contributed by atoms with E-state index in [1.54, 1.807) is 17.2 Å². The summed E-state index contributed by atoms with van der Waals surface area (Å²) in [7, 11) is -3.88. The first-order valence-electron chi connectivity index (χ1n) is 21.4. The number of benzene rings is 2. The number of nitrogens with two attached hydrogens (primary N) is 1. The molecule has 0 saturated carbocycles. The van der Waals surface area contributed by atoms with Gasteiger partial charge in [-0.15, -0.1) is 11.8 Å². The molecule has 8 N–H and O–H groups in total. The van der Waals surface area contributed by atoms with Crippen molar-refractivity contribution in [2.75, 3.05) is 55.7 Å². The summed E-state index contributed by atoms with van der Waals surface area (Å²) in [6.07, 6.45) is 1.13. The number of hydrogen-bond donors (Lipinski definition) is 7. The minimum atomic E-state index is -3.88. The topological polar surface area (TPSA) is 276 Å². The number of hydrogen-bond acceptors (Lipinski definition) is 11. The maximum Gasteiger partial charge on any atom is 0.318 e. The standard InChI is InChI=1S/C45H61F2N7O11S2/c1-44(2,3)40(35-22-30(32-23-31(46)12-13-33(32)47)26-53(35)25-29-10-7-6-8-11-29)54(19-9-16-48)38(57)28-66-27-34(52-36(55)14-15-39(58)59)41(60)50-18-21-67(64,65)20-17-49-37(56)24-51-42(61)45(4,5)43(62)63/h6-8,10-13,22-23,26,34,40H,9,14-21,24-25,27-28,48H2,1-5H3,(H,49,56)(H,50,60)(H,51,61)(H,52,55)(H,58,59)(H,62,63). The van der Waals surface area contributed by atoms with E-state index in [9.17, 15) is 46.4 Å². The highest BCUT2D eigenvalue weighted by Crippen LogP contribution is 2.41. The molecule has 3 aromatic rings. The smallest absolute Gasteiger partial charge is 0.318 e. The van der Waals surface area contributed by atoms with Crippen LogP contribution in [-0.2, 0) is 49.9 Å². The number of aliphatic carboxylic acids is 2. The zero-order valence-corrected chi connectivity index (χ0v) is 39.9. The van der Waals surface area contributed by atoms with Crippen LogP contribution in [0, 0.1) is 22.5 Å². The average molecular weight is 978 g/mol. The molecule has 0 spiro atoms. The molecule has 0 aliphatic heterocycles. The third-order valence-electron chi connectivity index (χ3n) is 10.4. The second kappa shape index (κ2) is 25.3. The second-order valence-electron chi connectivity index (χ2n) is 17.3. The Morgan fingerprint density at radius 2 is 1.52 bits per heavy atom. The lowest BCUT2D eigenvalue weighted by molar-refractivity contribution is -0.154. The Hall–Kier alpha value is -5.87. The fraction of sp³-hybridized carbons (Fsp3) is 0.489. The van der Waals surface area contributed by atoms with Crippen LogP contribution in [0.25, 0.3) is 11.1 Å². The molecule has 2 atom stereocenters. The van der Waals surface area contributed by atoms with Crippen LogP contribution in [0.3, 0.4) is 0 Å². The van der Waals surface area contributed by atoms with E-state index < -0.39 is 117 Å². The summed E-state index contributed by atoms with van der Waals surface area (Å²) in [6, 6.07) is 12.4. The van der Waals surface area contributed by atoms with Gasteiger partial charge < -0.3 is 46.7 Å². The monoisotopic (exact) mass is 977 g/mol. The number of nitrogens with one attached hydrogen (secondary N) is 4. The molecule has 0 fully saturated rings. The van der Waals surface area contributed by atoms with Crippen LogP contribution in [-0.4, -0.2) is 131 Å². The molecule has 368 valence electrons. The maximum atomic E-state index is 15.2. The van der Waals surface area contributed by atoms with Crippen molar-refractivity contribution in [3.8, 4) is 11.1 Å². The van der Waals surface area contributed by atoms with Crippen molar-refractivity contribution in [2.24, 2.45) is 16.6 Å². The van der Waals surface area contributed by atoms with Gasteiger partial charge in [-0.2, -0.15) is 0 Å². The van der Waals surface area contributed by atoms with Gasteiger partial charge in [-0.3, -0.25) is 33.6 Å². The van der Waals surface area contributed by atoms with E-state index in [4.69, 9.17) is 15.9 Å². The number of thioether (sulfide) groups is 1. The number of rotatable bonds is 27. The number of halogens is 2. The highest BCUT2D eigenvalue weighted by molar-refractivity contribution is 8.00. The summed E-state index contributed by atoms with van der Waals surface area (Å²) < 4.78 is 57.0. The predicted molar refractivity (Wildman–Crippen MR) is 248 cm³/mol. The molecule has 2 aromatic carbocycles. The van der Waals surface area contributed by atoms with E-state index in [1.807, 2.05) is 55.7 Å². The first-order valence-corrected chi connectivity index (χ1v) is 24.4. The van der Waals surface area contributed by atoms with Crippen molar-refractivity contribution in [3.63, 3.8) is 0 Å². The van der Waals surface area contributed by atoms with E-state index in [0.717, 1.165) is 49.4 Å². The Morgan fingerprint density at radius 3 is 2.13 bits per heavy atom. The van der Waals surface area contributed by atoms with Gasteiger partial charge in [0.05, 0.1) is 36.3 Å². The molecule has 2 unspecified atom stereocenters. The number of carboxylic acids is 2. The molecular formula is C45H61F2N7O11S2. The minimum absolute atomic E-state index is 0.0389. The van der Waals surface area contributed by atoms with Gasteiger partial charge in [0.1, 0.15) is 23.1 Å². The second-order valence-corrected chi connectivity index (χ2v) is 20.7. The van der Waals surface area contributed by atoms with Gasteiger partial charge in [-0.1, -0.05) is 51.1 Å². The zero-order chi connectivity index (χ0) is 50.1. The molecule has 22 heteroatoms. The van der Waals surface area contributed by atoms with Crippen LogP contribution in [0.4, 0.5) is 8.78 Å². The molecule has 5 amide bonds. The molecule has 3 rings (SSSR count). The molecule has 0 aliphatic carbocycles. The summed E-state index contributed by atoms with van der Waals surface area (Å²) in [5, 5.41) is 27.6. The lowest BCUT2D eigenvalue weighted by Gasteiger charge is -2.41. The summed E-state index contributed by atoms with van der Waals surface area (Å²) in [4.78, 5) is 88.8. The summed E-state index contributed by atoms with van der Waals surface area (Å²) in [5.41, 5.74) is 5.48. The van der Waals surface area contributed by atoms with Crippen molar-refractivity contribution in [3.05, 3.63) is 83.7 Å². The fourth-order valence-electron chi connectivity index (χ4n) is 6.73. The number of amides is 5. The van der Waals surface area contributed by atoms with Crippen LogP contribution in [0.1, 0.15) is 71.2 Å². The van der Waals surface area contributed by atoms with E-state index in [-0.39, 0.29) is 42.6 Å². The Kier molecular flexibility index (Phi) is 21.0. The molecule has 18 nitrogen and oxygen atoms in total. The molecular weight excluding hydrogens is 917 g/mol.